The van der Waals surface area contributed by atoms with Gasteiger partial charge >= 0.3 is 5.97 Å². The smallest absolute Gasteiger partial charge is 0.316 e. The molecule has 0 aliphatic heterocycles. The van der Waals surface area contributed by atoms with E-state index in [4.69, 9.17) is 4.74 Å². The molecule has 1 aliphatic carbocycles. The monoisotopic (exact) mass is 258 g/mol. The van der Waals surface area contributed by atoms with Gasteiger partial charge in [0.1, 0.15) is 5.92 Å². The summed E-state index contributed by atoms with van der Waals surface area (Å²) in [6, 6.07) is 3.81. The molecular formula is C14H14N2O3. The summed E-state index contributed by atoms with van der Waals surface area (Å²) >= 11 is 0. The molecule has 0 bridgehead atoms. The number of fused-ring (bicyclic) bond motifs is 3. The molecule has 2 aromatic rings. The molecule has 2 heterocycles. The van der Waals surface area contributed by atoms with Crippen LogP contribution in [-0.4, -0.2) is 28.5 Å². The van der Waals surface area contributed by atoms with Crippen LogP contribution >= 0.6 is 0 Å². The van der Waals surface area contributed by atoms with E-state index in [0.717, 1.165) is 16.8 Å². The van der Waals surface area contributed by atoms with E-state index in [1.165, 1.54) is 7.11 Å². The third-order valence-electron chi connectivity index (χ3n) is 3.57. The highest BCUT2D eigenvalue weighted by atomic mass is 16.5. The maximum atomic E-state index is 12.4. The van der Waals surface area contributed by atoms with Crippen LogP contribution in [0, 0.1) is 12.8 Å². The Morgan fingerprint density at radius 2 is 2.26 bits per heavy atom. The maximum absolute atomic E-state index is 12.4. The number of ether oxygens (including phenoxy) is 1. The predicted molar refractivity (Wildman–Crippen MR) is 68.1 cm³/mol. The predicted octanol–water partition coefficient (Wildman–Crippen LogP) is 1.56. The lowest BCUT2D eigenvalue weighted by atomic mass is 9.85. The molecule has 0 amide bonds. The summed E-state index contributed by atoms with van der Waals surface area (Å²) in [5, 5.41) is 4.43. The normalized spacial score (nSPS) is 18.4. The molecule has 0 spiro atoms. The average molecular weight is 258 g/mol. The summed E-state index contributed by atoms with van der Waals surface area (Å²) in [6.45, 7) is 1.97. The number of aryl methyl sites for hydroxylation is 2. The topological polar surface area (TPSA) is 60.7 Å². The molecule has 98 valence electrons. The number of nitrogens with zero attached hydrogens (tertiary/aromatic N) is 2. The second kappa shape index (κ2) is 4.19. The number of methoxy groups -OCH3 is 1. The second-order valence-corrected chi connectivity index (χ2v) is 4.84. The van der Waals surface area contributed by atoms with Gasteiger partial charge in [0.15, 0.2) is 5.78 Å². The molecule has 2 aromatic heterocycles. The first kappa shape index (κ1) is 11.9. The lowest BCUT2D eigenvalue weighted by Gasteiger charge is -2.17. The van der Waals surface area contributed by atoms with E-state index < -0.39 is 11.9 Å². The van der Waals surface area contributed by atoms with Crippen molar-refractivity contribution in [3.05, 3.63) is 35.2 Å². The number of Topliss-reactive ketones (excluding diaryl/α,β-unsaturated/α-hetero) is 1. The fourth-order valence-corrected chi connectivity index (χ4v) is 2.60. The van der Waals surface area contributed by atoms with Crippen LogP contribution in [0.4, 0.5) is 0 Å². The van der Waals surface area contributed by atoms with Crippen LogP contribution in [-0.2, 0) is 16.0 Å². The molecule has 1 unspecified atom stereocenters. The number of carbonyl (C=O) groups excluding carboxylic acids is 2. The number of aromatic nitrogens is 2. The van der Waals surface area contributed by atoms with Crippen LogP contribution in [0.5, 0.6) is 0 Å². The van der Waals surface area contributed by atoms with Gasteiger partial charge in [-0.15, -0.1) is 0 Å². The molecule has 5 nitrogen and oxygen atoms in total. The fraction of sp³-hybridized carbons (Fsp3) is 0.357. The van der Waals surface area contributed by atoms with Gasteiger partial charge in [-0.1, -0.05) is 6.07 Å². The van der Waals surface area contributed by atoms with Crippen molar-refractivity contribution in [3.8, 4) is 0 Å². The molecular weight excluding hydrogens is 244 g/mol. The van der Waals surface area contributed by atoms with Crippen molar-refractivity contribution < 1.29 is 14.3 Å². The Labute approximate surface area is 110 Å². The number of carbonyl (C=O) groups is 2. The minimum Gasteiger partial charge on any atom is -0.468 e. The van der Waals surface area contributed by atoms with Crippen molar-refractivity contribution in [1.82, 2.24) is 9.61 Å². The molecule has 0 aromatic carbocycles. The van der Waals surface area contributed by atoms with E-state index in [-0.39, 0.29) is 5.78 Å². The van der Waals surface area contributed by atoms with Crippen molar-refractivity contribution >= 4 is 17.3 Å². The van der Waals surface area contributed by atoms with Gasteiger partial charge in [-0.25, -0.2) is 4.52 Å². The van der Waals surface area contributed by atoms with Crippen molar-refractivity contribution in [2.45, 2.75) is 19.8 Å². The van der Waals surface area contributed by atoms with Gasteiger partial charge < -0.3 is 4.74 Å². The van der Waals surface area contributed by atoms with Gasteiger partial charge in [-0.3, -0.25) is 9.59 Å². The first-order chi connectivity index (χ1) is 9.11. The van der Waals surface area contributed by atoms with E-state index in [0.29, 0.717) is 18.4 Å². The Morgan fingerprint density at radius 3 is 3.00 bits per heavy atom. The number of ketones is 1. The number of esters is 1. The Bertz CT molecular complexity index is 687. The van der Waals surface area contributed by atoms with Gasteiger partial charge in [0.25, 0.3) is 0 Å². The number of rotatable bonds is 1. The third-order valence-corrected chi connectivity index (χ3v) is 3.57. The van der Waals surface area contributed by atoms with Crippen molar-refractivity contribution in [2.75, 3.05) is 7.11 Å². The highest BCUT2D eigenvalue weighted by Gasteiger charge is 2.36. The number of hydrogen-bond donors (Lipinski definition) is 0. The highest BCUT2D eigenvalue weighted by molar-refractivity contribution is 6.13. The van der Waals surface area contributed by atoms with Crippen molar-refractivity contribution in [3.63, 3.8) is 0 Å². The Morgan fingerprint density at radius 1 is 1.47 bits per heavy atom. The molecule has 0 N–H and O–H groups in total. The van der Waals surface area contributed by atoms with Gasteiger partial charge in [0.2, 0.25) is 0 Å². The maximum Gasteiger partial charge on any atom is 0.316 e. The Kier molecular flexibility index (Phi) is 2.62. The molecule has 0 radical (unpaired) electrons. The van der Waals surface area contributed by atoms with Crippen molar-refractivity contribution in [2.24, 2.45) is 5.92 Å². The molecule has 1 aliphatic rings. The molecule has 19 heavy (non-hydrogen) atoms. The zero-order valence-electron chi connectivity index (χ0n) is 10.8. The number of hydrogen-bond acceptors (Lipinski definition) is 4. The molecule has 3 rings (SSSR count). The summed E-state index contributed by atoms with van der Waals surface area (Å²) in [5.41, 5.74) is 3.18. The van der Waals surface area contributed by atoms with Gasteiger partial charge in [-0.2, -0.15) is 5.10 Å². The van der Waals surface area contributed by atoms with Crippen LogP contribution in [0.1, 0.15) is 28.0 Å². The molecule has 0 saturated heterocycles. The first-order valence-electron chi connectivity index (χ1n) is 6.21. The Balaban J connectivity index is 2.15. The van der Waals surface area contributed by atoms with Crippen LogP contribution in [0.3, 0.4) is 0 Å². The van der Waals surface area contributed by atoms with Gasteiger partial charge in [0.05, 0.1) is 23.9 Å². The van der Waals surface area contributed by atoms with Crippen LogP contribution in [0.15, 0.2) is 18.3 Å². The second-order valence-electron chi connectivity index (χ2n) is 4.84. The number of pyridine rings is 1. The zero-order chi connectivity index (χ0) is 13.6. The largest absolute Gasteiger partial charge is 0.468 e. The first-order valence-corrected chi connectivity index (χ1v) is 6.21. The molecule has 0 saturated carbocycles. The molecule has 0 fully saturated rings. The van der Waals surface area contributed by atoms with E-state index in [2.05, 4.69) is 5.10 Å². The standard InChI is InChI=1S/C14H14N2O3/c1-8-3-6-11-12-10(15-16(11)7-8)5-4-9(13(12)17)14(18)19-2/h3,6-7,9H,4-5H2,1-2H3. The average Bonchev–Trinajstić information content (AvgIpc) is 2.76. The van der Waals surface area contributed by atoms with E-state index >= 15 is 0 Å². The summed E-state index contributed by atoms with van der Waals surface area (Å²) in [4.78, 5) is 24.1. The summed E-state index contributed by atoms with van der Waals surface area (Å²) < 4.78 is 6.42. The third kappa shape index (κ3) is 1.73. The molecule has 5 heteroatoms. The van der Waals surface area contributed by atoms with Gasteiger partial charge in [-0.05, 0) is 31.4 Å². The minimum absolute atomic E-state index is 0.174. The van der Waals surface area contributed by atoms with Crippen LogP contribution < -0.4 is 0 Å². The zero-order valence-corrected chi connectivity index (χ0v) is 10.8. The van der Waals surface area contributed by atoms with E-state index in [9.17, 15) is 9.59 Å². The SMILES string of the molecule is COC(=O)C1CCc2nn3cc(C)ccc3c2C1=O. The molecule has 1 atom stereocenters. The summed E-state index contributed by atoms with van der Waals surface area (Å²) in [6.07, 6.45) is 2.98. The van der Waals surface area contributed by atoms with E-state index in [1.54, 1.807) is 4.52 Å². The highest BCUT2D eigenvalue weighted by Crippen LogP contribution is 2.29. The van der Waals surface area contributed by atoms with Crippen LogP contribution in [0.25, 0.3) is 5.52 Å². The fourth-order valence-electron chi connectivity index (χ4n) is 2.60. The van der Waals surface area contributed by atoms with Crippen molar-refractivity contribution in [1.29, 1.82) is 0 Å². The summed E-state index contributed by atoms with van der Waals surface area (Å²) in [7, 11) is 1.31. The van der Waals surface area contributed by atoms with Crippen LogP contribution in [0.2, 0.25) is 0 Å². The minimum atomic E-state index is -0.688. The lowest BCUT2D eigenvalue weighted by molar-refractivity contribution is -0.143. The quantitative estimate of drug-likeness (QED) is 0.575. The van der Waals surface area contributed by atoms with Gasteiger partial charge in [0, 0.05) is 6.20 Å². The lowest BCUT2D eigenvalue weighted by Crippen LogP contribution is -2.30. The Hall–Kier alpha value is -2.17. The summed E-state index contributed by atoms with van der Waals surface area (Å²) in [5.74, 6) is -1.32. The van der Waals surface area contributed by atoms with E-state index in [1.807, 2.05) is 25.3 Å².